The summed E-state index contributed by atoms with van der Waals surface area (Å²) in [6, 6.07) is 0. The van der Waals surface area contributed by atoms with Gasteiger partial charge in [0.25, 0.3) is 0 Å². The smallest absolute Gasteiger partial charge is 0.223 e. The van der Waals surface area contributed by atoms with Gasteiger partial charge in [0.05, 0.1) is 0 Å². The first-order valence-corrected chi connectivity index (χ1v) is 8.88. The van der Waals surface area contributed by atoms with E-state index in [2.05, 4.69) is 18.4 Å². The number of aryl methyl sites for hydroxylation is 3. The van der Waals surface area contributed by atoms with Gasteiger partial charge in [0.1, 0.15) is 5.65 Å². The average Bonchev–Trinajstić information content (AvgIpc) is 2.72. The summed E-state index contributed by atoms with van der Waals surface area (Å²) in [5.74, 6) is 0.136. The zero-order valence-corrected chi connectivity index (χ0v) is 15.3. The summed E-state index contributed by atoms with van der Waals surface area (Å²) in [6.07, 6.45) is 6.15. The van der Waals surface area contributed by atoms with E-state index >= 15 is 0 Å². The molecule has 0 bridgehead atoms. The second-order valence-corrected chi connectivity index (χ2v) is 7.11. The van der Waals surface area contributed by atoms with E-state index in [1.807, 2.05) is 0 Å². The van der Waals surface area contributed by atoms with E-state index in [9.17, 15) is 4.79 Å². The van der Waals surface area contributed by atoms with Crippen molar-refractivity contribution in [1.29, 1.82) is 0 Å². The summed E-state index contributed by atoms with van der Waals surface area (Å²) in [6.45, 7) is 4.86. The van der Waals surface area contributed by atoms with Crippen molar-refractivity contribution in [3.8, 4) is 0 Å². The Labute approximate surface area is 143 Å². The molecule has 2 aromatic heterocycles. The van der Waals surface area contributed by atoms with Crippen molar-refractivity contribution in [2.45, 2.75) is 58.9 Å². The van der Waals surface area contributed by atoms with Crippen molar-refractivity contribution in [2.24, 2.45) is 0 Å². The summed E-state index contributed by atoms with van der Waals surface area (Å²) in [5, 5.41) is 1.09. The Bertz CT molecular complexity index is 789. The predicted molar refractivity (Wildman–Crippen MR) is 98.2 cm³/mol. The van der Waals surface area contributed by atoms with Crippen LogP contribution in [-0.2, 0) is 24.2 Å². The first-order chi connectivity index (χ1) is 11.4. The van der Waals surface area contributed by atoms with Crippen LogP contribution in [0.1, 0.15) is 48.2 Å². The number of fused-ring (bicyclic) bond motifs is 2. The number of carbonyl (C=O) groups excluding carboxylic acids is 1. The number of pyridine rings is 1. The number of amides is 1. The molecule has 1 aliphatic carbocycles. The second kappa shape index (κ2) is 6.46. The summed E-state index contributed by atoms with van der Waals surface area (Å²) in [5.41, 5.74) is 13.2. The average molecular weight is 328 g/mol. The fourth-order valence-electron chi connectivity index (χ4n) is 3.75. The maximum Gasteiger partial charge on any atom is 0.223 e. The van der Waals surface area contributed by atoms with E-state index in [-0.39, 0.29) is 5.91 Å². The molecule has 1 aliphatic rings. The zero-order chi connectivity index (χ0) is 17.4. The minimum absolute atomic E-state index is 0.136. The van der Waals surface area contributed by atoms with Gasteiger partial charge in [-0.3, -0.25) is 4.79 Å². The highest BCUT2D eigenvalue weighted by atomic mass is 16.2. The van der Waals surface area contributed by atoms with Gasteiger partial charge < -0.3 is 15.2 Å². The van der Waals surface area contributed by atoms with Gasteiger partial charge in [-0.2, -0.15) is 0 Å². The molecular formula is C19H28N4O. The molecule has 5 heteroatoms. The number of hydrogen-bond acceptors (Lipinski definition) is 3. The van der Waals surface area contributed by atoms with Gasteiger partial charge in [0.2, 0.25) is 5.91 Å². The third-order valence-corrected chi connectivity index (χ3v) is 5.37. The molecule has 0 fully saturated rings. The molecule has 0 unspecified atom stereocenters. The van der Waals surface area contributed by atoms with Crippen LogP contribution < -0.4 is 5.73 Å². The Morgan fingerprint density at radius 1 is 1.21 bits per heavy atom. The molecule has 0 aliphatic heterocycles. The minimum atomic E-state index is 0.136. The van der Waals surface area contributed by atoms with Crippen molar-refractivity contribution >= 4 is 22.6 Å². The standard InChI is InChI=1S/C19H28N4O/c1-12-13(2)23(11-10-16(24)22(3)4)19-17(12)18(20)14-8-6-5-7-9-15(14)21-19/h5-11H2,1-4H3,(H2,20,21). The number of anilines is 1. The SMILES string of the molecule is Cc1c(C)n(CCC(=O)N(C)C)c2nc3c(c(N)c12)CCCCC3. The van der Waals surface area contributed by atoms with Crippen molar-refractivity contribution in [3.05, 3.63) is 22.5 Å². The molecule has 5 nitrogen and oxygen atoms in total. The van der Waals surface area contributed by atoms with Gasteiger partial charge in [-0.25, -0.2) is 4.98 Å². The molecule has 0 spiro atoms. The van der Waals surface area contributed by atoms with E-state index < -0.39 is 0 Å². The van der Waals surface area contributed by atoms with Crippen LogP contribution in [0, 0.1) is 13.8 Å². The van der Waals surface area contributed by atoms with E-state index in [0.29, 0.717) is 13.0 Å². The topological polar surface area (TPSA) is 64.2 Å². The molecule has 0 atom stereocenters. The molecule has 2 N–H and O–H groups in total. The molecule has 0 radical (unpaired) electrons. The number of nitrogen functional groups attached to an aromatic ring is 1. The van der Waals surface area contributed by atoms with Gasteiger partial charge in [0, 0.05) is 49.5 Å². The highest BCUT2D eigenvalue weighted by Gasteiger charge is 2.21. The maximum atomic E-state index is 12.0. The predicted octanol–water partition coefficient (Wildman–Crippen LogP) is 2.98. The van der Waals surface area contributed by atoms with Gasteiger partial charge in [-0.1, -0.05) is 6.42 Å². The van der Waals surface area contributed by atoms with Crippen molar-refractivity contribution in [3.63, 3.8) is 0 Å². The van der Waals surface area contributed by atoms with E-state index in [0.717, 1.165) is 41.0 Å². The largest absolute Gasteiger partial charge is 0.398 e. The lowest BCUT2D eigenvalue weighted by Crippen LogP contribution is -2.23. The van der Waals surface area contributed by atoms with Gasteiger partial charge >= 0.3 is 0 Å². The Hall–Kier alpha value is -2.04. The molecule has 2 heterocycles. The van der Waals surface area contributed by atoms with Crippen LogP contribution in [0.15, 0.2) is 0 Å². The van der Waals surface area contributed by atoms with E-state index in [1.54, 1.807) is 19.0 Å². The van der Waals surface area contributed by atoms with Crippen LogP contribution >= 0.6 is 0 Å². The Kier molecular flexibility index (Phi) is 4.52. The monoisotopic (exact) mass is 328 g/mol. The molecule has 3 rings (SSSR count). The third-order valence-electron chi connectivity index (χ3n) is 5.37. The lowest BCUT2D eigenvalue weighted by atomic mass is 10.0. The van der Waals surface area contributed by atoms with Gasteiger partial charge in [-0.15, -0.1) is 0 Å². The third kappa shape index (κ3) is 2.76. The van der Waals surface area contributed by atoms with Crippen molar-refractivity contribution < 1.29 is 4.79 Å². The first kappa shape index (κ1) is 16.8. The van der Waals surface area contributed by atoms with Crippen LogP contribution in [-0.4, -0.2) is 34.5 Å². The number of rotatable bonds is 3. The normalized spacial score (nSPS) is 14.5. The van der Waals surface area contributed by atoms with Crippen molar-refractivity contribution in [1.82, 2.24) is 14.5 Å². The fourth-order valence-corrected chi connectivity index (χ4v) is 3.75. The highest BCUT2D eigenvalue weighted by molar-refractivity contribution is 5.95. The number of aromatic nitrogens is 2. The lowest BCUT2D eigenvalue weighted by Gasteiger charge is -2.14. The van der Waals surface area contributed by atoms with Crippen LogP contribution in [0.2, 0.25) is 0 Å². The molecule has 2 aromatic rings. The van der Waals surface area contributed by atoms with Gasteiger partial charge in [0.15, 0.2) is 0 Å². The lowest BCUT2D eigenvalue weighted by molar-refractivity contribution is -0.128. The number of nitrogens with zero attached hydrogens (tertiary/aromatic N) is 3. The highest BCUT2D eigenvalue weighted by Crippen LogP contribution is 2.35. The molecule has 0 saturated carbocycles. The van der Waals surface area contributed by atoms with Crippen LogP contribution in [0.25, 0.3) is 11.0 Å². The maximum absolute atomic E-state index is 12.0. The Morgan fingerprint density at radius 3 is 2.62 bits per heavy atom. The van der Waals surface area contributed by atoms with Crippen LogP contribution in [0.4, 0.5) is 5.69 Å². The summed E-state index contributed by atoms with van der Waals surface area (Å²) in [4.78, 5) is 18.6. The molecular weight excluding hydrogens is 300 g/mol. The molecule has 24 heavy (non-hydrogen) atoms. The fraction of sp³-hybridized carbons (Fsp3) is 0.579. The summed E-state index contributed by atoms with van der Waals surface area (Å²) >= 11 is 0. The summed E-state index contributed by atoms with van der Waals surface area (Å²) in [7, 11) is 3.59. The number of carbonyl (C=O) groups is 1. The van der Waals surface area contributed by atoms with E-state index in [1.165, 1.54) is 30.4 Å². The molecule has 1 amide bonds. The summed E-state index contributed by atoms with van der Waals surface area (Å²) < 4.78 is 2.17. The first-order valence-electron chi connectivity index (χ1n) is 8.88. The van der Waals surface area contributed by atoms with E-state index in [4.69, 9.17) is 10.7 Å². The Balaban J connectivity index is 2.10. The van der Waals surface area contributed by atoms with Crippen LogP contribution in [0.5, 0.6) is 0 Å². The molecule has 130 valence electrons. The van der Waals surface area contributed by atoms with Crippen molar-refractivity contribution in [2.75, 3.05) is 19.8 Å². The van der Waals surface area contributed by atoms with Crippen LogP contribution in [0.3, 0.4) is 0 Å². The minimum Gasteiger partial charge on any atom is -0.398 e. The number of nitrogens with two attached hydrogens (primary N) is 1. The zero-order valence-electron chi connectivity index (χ0n) is 15.3. The van der Waals surface area contributed by atoms with Gasteiger partial charge in [-0.05, 0) is 50.7 Å². The number of hydrogen-bond donors (Lipinski definition) is 1. The second-order valence-electron chi connectivity index (χ2n) is 7.11. The molecule has 0 saturated heterocycles. The molecule has 0 aromatic carbocycles. The Morgan fingerprint density at radius 2 is 1.92 bits per heavy atom. The quantitative estimate of drug-likeness (QED) is 0.881.